The second-order valence-electron chi connectivity index (χ2n) is 4.99. The molecule has 0 spiro atoms. The summed E-state index contributed by atoms with van der Waals surface area (Å²) < 4.78 is 32.9. The smallest absolute Gasteiger partial charge is 0.247 e. The van der Waals surface area contributed by atoms with Gasteiger partial charge in [0.1, 0.15) is 10.7 Å². The highest BCUT2D eigenvalue weighted by atomic mass is 79.9. The molecule has 1 rings (SSSR count). The van der Waals surface area contributed by atoms with Crippen molar-refractivity contribution in [3.8, 4) is 0 Å². The maximum Gasteiger partial charge on any atom is 0.247 e. The van der Waals surface area contributed by atoms with Gasteiger partial charge in [0.15, 0.2) is 4.67 Å². The van der Waals surface area contributed by atoms with Crippen LogP contribution in [0.5, 0.6) is 0 Å². The number of rotatable bonds is 10. The van der Waals surface area contributed by atoms with E-state index in [4.69, 9.17) is 4.42 Å². The van der Waals surface area contributed by atoms with Gasteiger partial charge in [-0.1, -0.05) is 26.7 Å². The Kier molecular flexibility index (Phi) is 7.94. The van der Waals surface area contributed by atoms with Crippen molar-refractivity contribution in [2.45, 2.75) is 51.0 Å². The summed E-state index contributed by atoms with van der Waals surface area (Å²) in [4.78, 5) is 0.222. The molecule has 1 heterocycles. The third-order valence-electron chi connectivity index (χ3n) is 3.20. The molecule has 5 nitrogen and oxygen atoms in total. The van der Waals surface area contributed by atoms with Gasteiger partial charge in [-0.2, -0.15) is 4.31 Å². The Morgan fingerprint density at radius 1 is 1.24 bits per heavy atom. The summed E-state index contributed by atoms with van der Waals surface area (Å²) in [7, 11) is -1.72. The van der Waals surface area contributed by atoms with Crippen LogP contribution in [0.3, 0.4) is 0 Å². The van der Waals surface area contributed by atoms with Crippen molar-refractivity contribution in [1.29, 1.82) is 0 Å². The van der Waals surface area contributed by atoms with E-state index < -0.39 is 10.0 Å². The summed E-state index contributed by atoms with van der Waals surface area (Å²) in [5.74, 6) is 0.605. The second-order valence-corrected chi connectivity index (χ2v) is 7.62. The molecule has 0 bridgehead atoms. The Hall–Kier alpha value is -0.370. The van der Waals surface area contributed by atoms with Gasteiger partial charge >= 0.3 is 0 Å². The minimum absolute atomic E-state index is 0.222. The number of furan rings is 1. The quantitative estimate of drug-likeness (QED) is 0.675. The zero-order valence-corrected chi connectivity index (χ0v) is 15.4. The number of nitrogens with zero attached hydrogens (tertiary/aromatic N) is 1. The molecule has 0 saturated carbocycles. The lowest BCUT2D eigenvalue weighted by Crippen LogP contribution is -2.33. The average Bonchev–Trinajstić information content (AvgIpc) is 2.80. The molecule has 0 atom stereocenters. The third-order valence-corrected chi connectivity index (χ3v) is 5.95. The number of hydrogen-bond donors (Lipinski definition) is 1. The molecule has 1 N–H and O–H groups in total. The lowest BCUT2D eigenvalue weighted by atomic mass is 10.3. The normalized spacial score (nSPS) is 12.2. The summed E-state index contributed by atoms with van der Waals surface area (Å²) in [5, 5.41) is 2.95. The highest BCUT2D eigenvalue weighted by molar-refractivity contribution is 9.10. The molecular formula is C14H25BrN2O3S. The van der Waals surface area contributed by atoms with E-state index in [2.05, 4.69) is 35.1 Å². The van der Waals surface area contributed by atoms with Crippen LogP contribution in [-0.2, 0) is 16.6 Å². The first-order valence-electron chi connectivity index (χ1n) is 7.40. The van der Waals surface area contributed by atoms with Gasteiger partial charge in [-0.15, -0.1) is 0 Å². The van der Waals surface area contributed by atoms with E-state index in [9.17, 15) is 8.42 Å². The summed E-state index contributed by atoms with van der Waals surface area (Å²) in [6.45, 7) is 5.72. The number of sulfonamides is 1. The molecule has 0 saturated heterocycles. The van der Waals surface area contributed by atoms with Crippen molar-refractivity contribution in [3.05, 3.63) is 16.5 Å². The van der Waals surface area contributed by atoms with Crippen LogP contribution in [0, 0.1) is 0 Å². The third kappa shape index (κ3) is 5.09. The van der Waals surface area contributed by atoms with Crippen LogP contribution >= 0.6 is 15.9 Å². The molecule has 122 valence electrons. The van der Waals surface area contributed by atoms with Crippen LogP contribution in [0.2, 0.25) is 0 Å². The van der Waals surface area contributed by atoms with E-state index >= 15 is 0 Å². The SMILES string of the molecule is CCCCN(CCCC)S(=O)(=O)c1cc(CNC)oc1Br. The predicted octanol–water partition coefficient (Wildman–Crippen LogP) is 3.35. The highest BCUT2D eigenvalue weighted by Crippen LogP contribution is 2.29. The molecule has 1 aromatic rings. The molecular weight excluding hydrogens is 356 g/mol. The maximum atomic E-state index is 12.8. The Balaban J connectivity index is 3.03. The fraction of sp³-hybridized carbons (Fsp3) is 0.714. The van der Waals surface area contributed by atoms with Crippen LogP contribution in [0.15, 0.2) is 20.0 Å². The van der Waals surface area contributed by atoms with Gasteiger partial charge in [-0.05, 0) is 35.8 Å². The summed E-state index contributed by atoms with van der Waals surface area (Å²) in [5.41, 5.74) is 0. The standard InChI is InChI=1S/C14H25BrN2O3S/c1-4-6-8-17(9-7-5-2)21(18,19)13-10-12(11-16-3)20-14(13)15/h10,16H,4-9,11H2,1-3H3. The fourth-order valence-corrected chi connectivity index (χ4v) is 4.47. The molecule has 21 heavy (non-hydrogen) atoms. The zero-order valence-electron chi connectivity index (χ0n) is 13.0. The summed E-state index contributed by atoms with van der Waals surface area (Å²) in [6.07, 6.45) is 3.66. The molecule has 0 aromatic carbocycles. The van der Waals surface area contributed by atoms with E-state index in [-0.39, 0.29) is 9.56 Å². The monoisotopic (exact) mass is 380 g/mol. The molecule has 0 aliphatic carbocycles. The molecule has 0 radical (unpaired) electrons. The molecule has 1 aromatic heterocycles. The first-order valence-corrected chi connectivity index (χ1v) is 9.63. The molecule has 7 heteroatoms. The van der Waals surface area contributed by atoms with Crippen molar-refractivity contribution in [2.24, 2.45) is 0 Å². The van der Waals surface area contributed by atoms with Gasteiger partial charge in [0.05, 0.1) is 6.54 Å². The number of hydrogen-bond acceptors (Lipinski definition) is 4. The van der Waals surface area contributed by atoms with Crippen molar-refractivity contribution >= 4 is 26.0 Å². The van der Waals surface area contributed by atoms with Crippen molar-refractivity contribution in [3.63, 3.8) is 0 Å². The summed E-state index contributed by atoms with van der Waals surface area (Å²) >= 11 is 3.23. The first-order chi connectivity index (χ1) is 9.97. The first kappa shape index (κ1) is 18.7. The fourth-order valence-electron chi connectivity index (χ4n) is 2.00. The van der Waals surface area contributed by atoms with Crippen LogP contribution < -0.4 is 5.32 Å². The molecule has 0 aliphatic heterocycles. The Morgan fingerprint density at radius 2 is 1.81 bits per heavy atom. The van der Waals surface area contributed by atoms with Gasteiger partial charge in [0, 0.05) is 19.2 Å². The molecule has 0 aliphatic rings. The number of halogens is 1. The highest BCUT2D eigenvalue weighted by Gasteiger charge is 2.28. The zero-order chi connectivity index (χ0) is 15.9. The maximum absolute atomic E-state index is 12.8. The average molecular weight is 381 g/mol. The van der Waals surface area contributed by atoms with Crippen molar-refractivity contribution in [1.82, 2.24) is 9.62 Å². The van der Waals surface area contributed by atoms with Crippen LogP contribution in [-0.4, -0.2) is 32.9 Å². The van der Waals surface area contributed by atoms with E-state index in [1.54, 1.807) is 17.4 Å². The second kappa shape index (κ2) is 8.92. The van der Waals surface area contributed by atoms with Gasteiger partial charge in [0.25, 0.3) is 0 Å². The molecule has 0 fully saturated rings. The van der Waals surface area contributed by atoms with Gasteiger partial charge < -0.3 is 9.73 Å². The van der Waals surface area contributed by atoms with Crippen LogP contribution in [0.1, 0.15) is 45.3 Å². The molecule has 0 unspecified atom stereocenters. The Bertz CT molecular complexity index is 520. The largest absolute Gasteiger partial charge is 0.452 e. The van der Waals surface area contributed by atoms with Gasteiger partial charge in [-0.25, -0.2) is 8.42 Å². The van der Waals surface area contributed by atoms with E-state index in [1.165, 1.54) is 0 Å². The minimum atomic E-state index is -3.51. The minimum Gasteiger partial charge on any atom is -0.452 e. The summed E-state index contributed by atoms with van der Waals surface area (Å²) in [6, 6.07) is 1.60. The Morgan fingerprint density at radius 3 is 2.29 bits per heavy atom. The molecule has 0 amide bonds. The number of nitrogens with one attached hydrogen (secondary N) is 1. The van der Waals surface area contributed by atoms with Gasteiger partial charge in [-0.3, -0.25) is 0 Å². The predicted molar refractivity (Wildman–Crippen MR) is 87.7 cm³/mol. The van der Waals surface area contributed by atoms with Gasteiger partial charge in [0.2, 0.25) is 10.0 Å². The van der Waals surface area contributed by atoms with Crippen molar-refractivity contribution in [2.75, 3.05) is 20.1 Å². The van der Waals surface area contributed by atoms with Crippen LogP contribution in [0.25, 0.3) is 0 Å². The number of unbranched alkanes of at least 4 members (excludes halogenated alkanes) is 2. The van der Waals surface area contributed by atoms with E-state index in [0.29, 0.717) is 25.4 Å². The Labute approximate surface area is 136 Å². The lowest BCUT2D eigenvalue weighted by Gasteiger charge is -2.21. The van der Waals surface area contributed by atoms with Crippen molar-refractivity contribution < 1.29 is 12.8 Å². The van der Waals surface area contributed by atoms with Crippen LogP contribution in [0.4, 0.5) is 0 Å². The topological polar surface area (TPSA) is 62.6 Å². The van der Waals surface area contributed by atoms with E-state index in [1.807, 2.05) is 0 Å². The van der Waals surface area contributed by atoms with E-state index in [0.717, 1.165) is 25.7 Å². The lowest BCUT2D eigenvalue weighted by molar-refractivity contribution is 0.393.